The van der Waals surface area contributed by atoms with Crippen LogP contribution in [0.2, 0.25) is 0 Å². The van der Waals surface area contributed by atoms with Crippen molar-refractivity contribution in [2.24, 2.45) is 0 Å². The minimum atomic E-state index is -0.248. The zero-order chi connectivity index (χ0) is 18.5. The number of H-pyrrole nitrogens is 1. The van der Waals surface area contributed by atoms with Gasteiger partial charge < -0.3 is 4.90 Å². The van der Waals surface area contributed by atoms with Crippen molar-refractivity contribution in [3.05, 3.63) is 96.2 Å². The highest BCUT2D eigenvalue weighted by atomic mass is 16.2. The summed E-state index contributed by atoms with van der Waals surface area (Å²) in [5.74, 6) is 1.04. The molecule has 1 amide bonds. The summed E-state index contributed by atoms with van der Waals surface area (Å²) in [7, 11) is 0. The highest BCUT2D eigenvalue weighted by molar-refractivity contribution is 5.87. The lowest BCUT2D eigenvalue weighted by atomic mass is 9.90. The SMILES string of the molecule is O=C(C(c1ccccc1)c1ccccc1)N1CCN(c2cccc[nH+]2)CC1. The zero-order valence-corrected chi connectivity index (χ0v) is 15.3. The third-order valence-corrected chi connectivity index (χ3v) is 5.14. The van der Waals surface area contributed by atoms with Gasteiger partial charge in [-0.25, -0.2) is 4.98 Å². The van der Waals surface area contributed by atoms with Gasteiger partial charge in [0.05, 0.1) is 25.2 Å². The molecule has 0 radical (unpaired) electrons. The molecule has 0 unspecified atom stereocenters. The molecule has 0 atom stereocenters. The molecule has 3 aromatic rings. The second-order valence-corrected chi connectivity index (χ2v) is 6.81. The van der Waals surface area contributed by atoms with E-state index in [-0.39, 0.29) is 11.8 Å². The van der Waals surface area contributed by atoms with Gasteiger partial charge in [0.2, 0.25) is 5.91 Å². The lowest BCUT2D eigenvalue weighted by molar-refractivity contribution is -0.364. The number of carbonyl (C=O) groups is 1. The molecule has 4 nitrogen and oxygen atoms in total. The van der Waals surface area contributed by atoms with Crippen LogP contribution in [0.15, 0.2) is 85.1 Å². The first-order chi connectivity index (χ1) is 13.3. The molecule has 1 aliphatic heterocycles. The van der Waals surface area contributed by atoms with Crippen LogP contribution in [0.4, 0.5) is 5.82 Å². The van der Waals surface area contributed by atoms with E-state index in [1.54, 1.807) is 0 Å². The number of rotatable bonds is 4. The quantitative estimate of drug-likeness (QED) is 0.719. The molecule has 0 aliphatic carbocycles. The number of nitrogens with zero attached hydrogens (tertiary/aromatic N) is 2. The fourth-order valence-electron chi connectivity index (χ4n) is 3.70. The largest absolute Gasteiger partial charge is 0.334 e. The number of hydrogen-bond acceptors (Lipinski definition) is 2. The highest BCUT2D eigenvalue weighted by Crippen LogP contribution is 2.27. The van der Waals surface area contributed by atoms with Crippen LogP contribution in [0.5, 0.6) is 0 Å². The Morgan fingerprint density at radius 2 is 1.30 bits per heavy atom. The Morgan fingerprint density at radius 3 is 1.81 bits per heavy atom. The Labute approximate surface area is 160 Å². The first-order valence-corrected chi connectivity index (χ1v) is 9.43. The minimum absolute atomic E-state index is 0.184. The smallest absolute Gasteiger partial charge is 0.274 e. The molecule has 1 aromatic heterocycles. The van der Waals surface area contributed by atoms with E-state index in [9.17, 15) is 4.79 Å². The maximum absolute atomic E-state index is 13.4. The number of hydrogen-bond donors (Lipinski definition) is 0. The van der Waals surface area contributed by atoms with Gasteiger partial charge >= 0.3 is 0 Å². The van der Waals surface area contributed by atoms with E-state index in [2.05, 4.69) is 16.0 Å². The standard InChI is InChI=1S/C23H23N3O/c27-23(26-17-15-25(16-18-26)21-13-7-8-14-24-21)22(19-9-3-1-4-10-19)20-11-5-2-6-12-20/h1-14,22H,15-18H2/p+1. The monoisotopic (exact) mass is 358 g/mol. The summed E-state index contributed by atoms with van der Waals surface area (Å²) in [4.78, 5) is 21.0. The molecule has 1 N–H and O–H groups in total. The van der Waals surface area contributed by atoms with Crippen LogP contribution in [0.25, 0.3) is 0 Å². The van der Waals surface area contributed by atoms with Crippen LogP contribution < -0.4 is 9.88 Å². The summed E-state index contributed by atoms with van der Waals surface area (Å²) in [5, 5.41) is 0. The minimum Gasteiger partial charge on any atom is -0.334 e. The van der Waals surface area contributed by atoms with Crippen molar-refractivity contribution in [1.29, 1.82) is 0 Å². The van der Waals surface area contributed by atoms with Crippen LogP contribution in [0.1, 0.15) is 17.0 Å². The normalized spacial score (nSPS) is 14.4. The summed E-state index contributed by atoms with van der Waals surface area (Å²) >= 11 is 0. The van der Waals surface area contributed by atoms with Crippen molar-refractivity contribution in [3.63, 3.8) is 0 Å². The topological polar surface area (TPSA) is 37.7 Å². The number of aromatic nitrogens is 1. The fourth-order valence-corrected chi connectivity index (χ4v) is 3.70. The second kappa shape index (κ2) is 8.04. The van der Waals surface area contributed by atoms with Gasteiger partial charge in [0.15, 0.2) is 0 Å². The van der Waals surface area contributed by atoms with E-state index < -0.39 is 0 Å². The summed E-state index contributed by atoms with van der Waals surface area (Å²) in [6, 6.07) is 26.3. The van der Waals surface area contributed by atoms with E-state index in [4.69, 9.17) is 0 Å². The van der Waals surface area contributed by atoms with Crippen LogP contribution in [-0.4, -0.2) is 37.0 Å². The predicted molar refractivity (Wildman–Crippen MR) is 107 cm³/mol. The zero-order valence-electron chi connectivity index (χ0n) is 15.3. The van der Waals surface area contributed by atoms with E-state index in [0.717, 1.165) is 43.1 Å². The number of pyridine rings is 1. The summed E-state index contributed by atoms with van der Waals surface area (Å²) < 4.78 is 0. The number of benzene rings is 2. The first-order valence-electron chi connectivity index (χ1n) is 9.43. The molecule has 0 bridgehead atoms. The van der Waals surface area contributed by atoms with Crippen molar-refractivity contribution < 1.29 is 9.78 Å². The maximum atomic E-state index is 13.4. The van der Waals surface area contributed by atoms with Crippen LogP contribution in [-0.2, 0) is 4.79 Å². The highest BCUT2D eigenvalue weighted by Gasteiger charge is 2.31. The van der Waals surface area contributed by atoms with Crippen molar-refractivity contribution >= 4 is 11.7 Å². The van der Waals surface area contributed by atoms with Gasteiger partial charge in [-0.05, 0) is 17.2 Å². The lowest BCUT2D eigenvalue weighted by Gasteiger charge is -2.33. The second-order valence-electron chi connectivity index (χ2n) is 6.81. The molecule has 1 fully saturated rings. The van der Waals surface area contributed by atoms with Crippen molar-refractivity contribution in [2.75, 3.05) is 31.1 Å². The summed E-state index contributed by atoms with van der Waals surface area (Å²) in [6.45, 7) is 3.14. The van der Waals surface area contributed by atoms with E-state index in [0.29, 0.717) is 0 Å². The maximum Gasteiger partial charge on any atom is 0.274 e. The van der Waals surface area contributed by atoms with Crippen LogP contribution in [0, 0.1) is 0 Å². The Kier molecular flexibility index (Phi) is 5.15. The van der Waals surface area contributed by atoms with E-state index in [1.165, 1.54) is 0 Å². The van der Waals surface area contributed by atoms with Crippen LogP contribution >= 0.6 is 0 Å². The number of anilines is 1. The molecule has 1 aliphatic rings. The number of carbonyl (C=O) groups excluding carboxylic acids is 1. The Morgan fingerprint density at radius 1 is 0.741 bits per heavy atom. The molecule has 136 valence electrons. The molecule has 2 heterocycles. The predicted octanol–water partition coefficient (Wildman–Crippen LogP) is 2.98. The van der Waals surface area contributed by atoms with Gasteiger partial charge in [-0.1, -0.05) is 66.7 Å². The van der Waals surface area contributed by atoms with E-state index in [1.807, 2.05) is 83.9 Å². The summed E-state index contributed by atoms with van der Waals surface area (Å²) in [5.41, 5.74) is 2.10. The van der Waals surface area contributed by atoms with Gasteiger partial charge in [-0.15, -0.1) is 0 Å². The number of amides is 1. The van der Waals surface area contributed by atoms with Gasteiger partial charge in [-0.3, -0.25) is 9.69 Å². The number of nitrogens with one attached hydrogen (secondary N) is 1. The van der Waals surface area contributed by atoms with Gasteiger partial charge in [-0.2, -0.15) is 0 Å². The summed E-state index contributed by atoms with van der Waals surface area (Å²) in [6.07, 6.45) is 1.94. The average Bonchev–Trinajstić information content (AvgIpc) is 2.76. The van der Waals surface area contributed by atoms with Gasteiger partial charge in [0.1, 0.15) is 13.1 Å². The van der Waals surface area contributed by atoms with Crippen molar-refractivity contribution in [1.82, 2.24) is 4.90 Å². The van der Waals surface area contributed by atoms with Crippen molar-refractivity contribution in [3.8, 4) is 0 Å². The Hall–Kier alpha value is -3.14. The lowest BCUT2D eigenvalue weighted by Crippen LogP contribution is -2.51. The molecule has 0 spiro atoms. The molecular weight excluding hydrogens is 334 g/mol. The number of aromatic amines is 1. The Bertz CT molecular complexity index is 820. The molecular formula is C23H24N3O+. The van der Waals surface area contributed by atoms with Crippen molar-refractivity contribution in [2.45, 2.75) is 5.92 Å². The van der Waals surface area contributed by atoms with E-state index >= 15 is 0 Å². The first kappa shape index (κ1) is 17.3. The molecule has 0 saturated carbocycles. The van der Waals surface area contributed by atoms with Crippen LogP contribution in [0.3, 0.4) is 0 Å². The van der Waals surface area contributed by atoms with Gasteiger partial charge in [0.25, 0.3) is 5.82 Å². The molecule has 4 heteroatoms. The van der Waals surface area contributed by atoms with Gasteiger partial charge in [0, 0.05) is 6.07 Å². The molecule has 27 heavy (non-hydrogen) atoms. The third-order valence-electron chi connectivity index (χ3n) is 5.14. The molecule has 2 aromatic carbocycles. The fraction of sp³-hybridized carbons (Fsp3) is 0.217. The average molecular weight is 358 g/mol. The Balaban J connectivity index is 1.53. The number of piperazine rings is 1. The molecule has 1 saturated heterocycles. The molecule has 4 rings (SSSR count). The third kappa shape index (κ3) is 3.85.